The van der Waals surface area contributed by atoms with Crippen LogP contribution in [-0.2, 0) is 14.3 Å². The molecule has 0 aromatic carbocycles. The second-order valence-corrected chi connectivity index (χ2v) is 4.58. The first-order valence-electron chi connectivity index (χ1n) is 6.41. The molecule has 0 bridgehead atoms. The minimum Gasteiger partial charge on any atom is -0.480 e. The van der Waals surface area contributed by atoms with E-state index in [1.54, 1.807) is 4.90 Å². The quantitative estimate of drug-likeness (QED) is 0.757. The second-order valence-electron chi connectivity index (χ2n) is 4.58. The number of carbonyl (C=O) groups is 3. The fourth-order valence-electron chi connectivity index (χ4n) is 2.01. The van der Waals surface area contributed by atoms with Gasteiger partial charge >= 0.3 is 12.0 Å². The van der Waals surface area contributed by atoms with E-state index < -0.39 is 31.1 Å². The summed E-state index contributed by atoms with van der Waals surface area (Å²) in [6.07, 6.45) is 3.01. The topological polar surface area (TPSA) is 95.9 Å². The number of likely N-dealkylation sites (tertiary alicyclic amines) is 1. The average molecular weight is 272 g/mol. The summed E-state index contributed by atoms with van der Waals surface area (Å²) in [5, 5.41) is 10.5. The van der Waals surface area contributed by atoms with Gasteiger partial charge in [-0.1, -0.05) is 13.3 Å². The van der Waals surface area contributed by atoms with E-state index in [0.29, 0.717) is 19.0 Å². The highest BCUT2D eigenvalue weighted by molar-refractivity contribution is 5.95. The number of nitrogens with zero attached hydrogens (tertiary/aromatic N) is 1. The Kier molecular flexibility index (Phi) is 6.27. The van der Waals surface area contributed by atoms with Crippen LogP contribution in [0.4, 0.5) is 4.79 Å². The summed E-state index contributed by atoms with van der Waals surface area (Å²) in [6.45, 7) is 2.44. The summed E-state index contributed by atoms with van der Waals surface area (Å²) in [5.41, 5.74) is 0. The van der Waals surface area contributed by atoms with Gasteiger partial charge in [-0.2, -0.15) is 0 Å². The van der Waals surface area contributed by atoms with Gasteiger partial charge in [0.25, 0.3) is 5.91 Å². The van der Waals surface area contributed by atoms with Gasteiger partial charge in [0.05, 0.1) is 0 Å². The summed E-state index contributed by atoms with van der Waals surface area (Å²) < 4.78 is 4.60. The maximum absolute atomic E-state index is 11.7. The van der Waals surface area contributed by atoms with Gasteiger partial charge in [0.1, 0.15) is 13.2 Å². The molecule has 1 rings (SSSR count). The van der Waals surface area contributed by atoms with Crippen molar-refractivity contribution in [2.24, 2.45) is 5.92 Å². The lowest BCUT2D eigenvalue weighted by atomic mass is 9.95. The SMILES string of the molecule is CCC1CCN(C(=O)NC(=O)COCC(=O)O)CC1. The van der Waals surface area contributed by atoms with E-state index in [1.165, 1.54) is 0 Å². The van der Waals surface area contributed by atoms with Crippen LogP contribution in [0, 0.1) is 5.92 Å². The minimum atomic E-state index is -1.15. The Labute approximate surface area is 111 Å². The number of aliphatic carboxylic acids is 1. The third-order valence-corrected chi connectivity index (χ3v) is 3.18. The van der Waals surface area contributed by atoms with Gasteiger partial charge in [0.2, 0.25) is 0 Å². The van der Waals surface area contributed by atoms with Crippen LogP contribution in [-0.4, -0.2) is 54.2 Å². The third-order valence-electron chi connectivity index (χ3n) is 3.18. The number of piperidine rings is 1. The fraction of sp³-hybridized carbons (Fsp3) is 0.750. The van der Waals surface area contributed by atoms with E-state index in [4.69, 9.17) is 5.11 Å². The Bertz CT molecular complexity index is 337. The van der Waals surface area contributed by atoms with Crippen LogP contribution in [0.25, 0.3) is 0 Å². The number of carboxylic acids is 1. The Balaban J connectivity index is 2.23. The predicted molar refractivity (Wildman–Crippen MR) is 66.6 cm³/mol. The van der Waals surface area contributed by atoms with Crippen LogP contribution in [0.2, 0.25) is 0 Å². The van der Waals surface area contributed by atoms with Gasteiger partial charge in [-0.15, -0.1) is 0 Å². The molecule has 2 N–H and O–H groups in total. The van der Waals surface area contributed by atoms with E-state index in [0.717, 1.165) is 19.3 Å². The Morgan fingerprint density at radius 3 is 2.42 bits per heavy atom. The number of carboxylic acid groups (broad SMARTS) is 1. The van der Waals surface area contributed by atoms with Crippen molar-refractivity contribution in [3.63, 3.8) is 0 Å². The van der Waals surface area contributed by atoms with Crippen molar-refractivity contribution in [1.82, 2.24) is 10.2 Å². The molecular weight excluding hydrogens is 252 g/mol. The number of hydrogen-bond donors (Lipinski definition) is 2. The maximum atomic E-state index is 11.7. The Morgan fingerprint density at radius 2 is 1.89 bits per heavy atom. The number of imide groups is 1. The number of amides is 3. The van der Waals surface area contributed by atoms with E-state index in [2.05, 4.69) is 17.0 Å². The lowest BCUT2D eigenvalue weighted by Gasteiger charge is -2.31. The molecule has 0 aliphatic carbocycles. The van der Waals surface area contributed by atoms with Crippen LogP contribution >= 0.6 is 0 Å². The highest BCUT2D eigenvalue weighted by atomic mass is 16.5. The standard InChI is InChI=1S/C12H20N2O5/c1-2-9-3-5-14(6-4-9)12(18)13-10(15)7-19-8-11(16)17/h9H,2-8H2,1H3,(H,16,17)(H,13,15,18). The van der Waals surface area contributed by atoms with Crippen LogP contribution < -0.4 is 5.32 Å². The Hall–Kier alpha value is -1.63. The van der Waals surface area contributed by atoms with Crippen molar-refractivity contribution in [2.45, 2.75) is 26.2 Å². The van der Waals surface area contributed by atoms with E-state index in [1.807, 2.05) is 0 Å². The van der Waals surface area contributed by atoms with E-state index in [-0.39, 0.29) is 0 Å². The zero-order valence-corrected chi connectivity index (χ0v) is 11.1. The molecule has 0 atom stereocenters. The first kappa shape index (κ1) is 15.4. The first-order valence-corrected chi connectivity index (χ1v) is 6.41. The molecule has 19 heavy (non-hydrogen) atoms. The molecule has 7 nitrogen and oxygen atoms in total. The van der Waals surface area contributed by atoms with Gasteiger partial charge < -0.3 is 14.7 Å². The summed E-state index contributed by atoms with van der Waals surface area (Å²) >= 11 is 0. The Morgan fingerprint density at radius 1 is 1.26 bits per heavy atom. The molecule has 0 spiro atoms. The summed E-state index contributed by atoms with van der Waals surface area (Å²) in [5.74, 6) is -1.12. The van der Waals surface area contributed by atoms with E-state index in [9.17, 15) is 14.4 Å². The molecule has 0 radical (unpaired) electrons. The zero-order valence-electron chi connectivity index (χ0n) is 11.1. The number of carbonyl (C=O) groups excluding carboxylic acids is 2. The van der Waals surface area contributed by atoms with Crippen molar-refractivity contribution in [3.05, 3.63) is 0 Å². The molecule has 0 aromatic heterocycles. The maximum Gasteiger partial charge on any atom is 0.329 e. The minimum absolute atomic E-state index is 0.427. The summed E-state index contributed by atoms with van der Waals surface area (Å²) in [7, 11) is 0. The molecule has 1 saturated heterocycles. The number of rotatable bonds is 5. The number of nitrogens with one attached hydrogen (secondary N) is 1. The van der Waals surface area contributed by atoms with Crippen LogP contribution in [0.1, 0.15) is 26.2 Å². The van der Waals surface area contributed by atoms with Crippen molar-refractivity contribution >= 4 is 17.9 Å². The molecule has 1 aliphatic rings. The summed E-state index contributed by atoms with van der Waals surface area (Å²) in [6, 6.07) is -0.432. The molecule has 1 fully saturated rings. The summed E-state index contributed by atoms with van der Waals surface area (Å²) in [4.78, 5) is 34.8. The number of hydrogen-bond acceptors (Lipinski definition) is 4. The van der Waals surface area contributed by atoms with Crippen LogP contribution in [0.15, 0.2) is 0 Å². The van der Waals surface area contributed by atoms with Crippen molar-refractivity contribution < 1.29 is 24.2 Å². The fourth-order valence-corrected chi connectivity index (χ4v) is 2.01. The molecule has 108 valence electrons. The molecule has 3 amide bonds. The van der Waals surface area contributed by atoms with Crippen molar-refractivity contribution in [3.8, 4) is 0 Å². The average Bonchev–Trinajstić information content (AvgIpc) is 2.38. The van der Waals surface area contributed by atoms with Crippen molar-refractivity contribution in [1.29, 1.82) is 0 Å². The predicted octanol–water partition coefficient (Wildman–Crippen LogP) is 0.446. The number of urea groups is 1. The van der Waals surface area contributed by atoms with Crippen LogP contribution in [0.3, 0.4) is 0 Å². The third kappa shape index (κ3) is 5.69. The largest absolute Gasteiger partial charge is 0.480 e. The van der Waals surface area contributed by atoms with Gasteiger partial charge in [0.15, 0.2) is 0 Å². The smallest absolute Gasteiger partial charge is 0.329 e. The molecule has 7 heteroatoms. The van der Waals surface area contributed by atoms with E-state index >= 15 is 0 Å². The van der Waals surface area contributed by atoms with Crippen molar-refractivity contribution in [2.75, 3.05) is 26.3 Å². The highest BCUT2D eigenvalue weighted by Crippen LogP contribution is 2.19. The molecule has 0 aromatic rings. The van der Waals surface area contributed by atoms with Gasteiger partial charge in [-0.3, -0.25) is 10.1 Å². The van der Waals surface area contributed by atoms with Gasteiger partial charge in [-0.05, 0) is 18.8 Å². The molecular formula is C12H20N2O5. The molecule has 1 heterocycles. The monoisotopic (exact) mass is 272 g/mol. The molecule has 0 saturated carbocycles. The lowest BCUT2D eigenvalue weighted by molar-refractivity contribution is -0.143. The van der Waals surface area contributed by atoms with Gasteiger partial charge in [-0.25, -0.2) is 9.59 Å². The molecule has 0 unspecified atom stereocenters. The van der Waals surface area contributed by atoms with Crippen LogP contribution in [0.5, 0.6) is 0 Å². The first-order chi connectivity index (χ1) is 9.02. The second kappa shape index (κ2) is 7.73. The van der Waals surface area contributed by atoms with Gasteiger partial charge in [0, 0.05) is 13.1 Å². The zero-order chi connectivity index (χ0) is 14.3. The number of ether oxygens (including phenoxy) is 1. The highest BCUT2D eigenvalue weighted by Gasteiger charge is 2.22. The lowest BCUT2D eigenvalue weighted by Crippen LogP contribution is -2.47. The normalized spacial score (nSPS) is 16.2. The molecule has 1 aliphatic heterocycles.